The number of rotatable bonds is 3. The summed E-state index contributed by atoms with van der Waals surface area (Å²) in [4.78, 5) is 4.73. The van der Waals surface area contributed by atoms with Gasteiger partial charge in [-0.05, 0) is 43.2 Å². The SMILES string of the molecule is CCCn1c(-c2ccccc2O)nc2cc(C)ccc21. The molecule has 3 rings (SSSR count). The lowest BCUT2D eigenvalue weighted by molar-refractivity contribution is 0.476. The van der Waals surface area contributed by atoms with Gasteiger partial charge in [0, 0.05) is 6.54 Å². The van der Waals surface area contributed by atoms with Gasteiger partial charge >= 0.3 is 0 Å². The van der Waals surface area contributed by atoms with Crippen molar-refractivity contribution in [2.45, 2.75) is 26.8 Å². The van der Waals surface area contributed by atoms with Gasteiger partial charge in [0.25, 0.3) is 0 Å². The maximum Gasteiger partial charge on any atom is 0.144 e. The van der Waals surface area contributed by atoms with Crippen LogP contribution in [-0.4, -0.2) is 14.7 Å². The summed E-state index contributed by atoms with van der Waals surface area (Å²) in [6.45, 7) is 5.11. The quantitative estimate of drug-likeness (QED) is 0.774. The van der Waals surface area contributed by atoms with Crippen LogP contribution in [0.25, 0.3) is 22.4 Å². The first-order valence-corrected chi connectivity index (χ1v) is 6.96. The van der Waals surface area contributed by atoms with E-state index < -0.39 is 0 Å². The van der Waals surface area contributed by atoms with E-state index in [4.69, 9.17) is 4.98 Å². The highest BCUT2D eigenvalue weighted by atomic mass is 16.3. The minimum absolute atomic E-state index is 0.275. The maximum atomic E-state index is 10.1. The van der Waals surface area contributed by atoms with Crippen molar-refractivity contribution in [3.05, 3.63) is 48.0 Å². The van der Waals surface area contributed by atoms with E-state index >= 15 is 0 Å². The minimum atomic E-state index is 0.275. The number of imidazole rings is 1. The first kappa shape index (κ1) is 12.7. The molecule has 102 valence electrons. The molecule has 1 N–H and O–H groups in total. The molecule has 0 saturated carbocycles. The van der Waals surface area contributed by atoms with E-state index in [1.807, 2.05) is 18.2 Å². The summed E-state index contributed by atoms with van der Waals surface area (Å²) in [6, 6.07) is 13.7. The van der Waals surface area contributed by atoms with Gasteiger partial charge in [-0.1, -0.05) is 25.1 Å². The molecule has 1 heterocycles. The molecular formula is C17H18N2O. The van der Waals surface area contributed by atoms with Crippen LogP contribution in [0, 0.1) is 6.92 Å². The molecule has 2 aromatic carbocycles. The molecule has 0 aliphatic heterocycles. The maximum absolute atomic E-state index is 10.1. The van der Waals surface area contributed by atoms with Crippen LogP contribution in [0.5, 0.6) is 5.75 Å². The summed E-state index contributed by atoms with van der Waals surface area (Å²) in [5.41, 5.74) is 4.09. The predicted molar refractivity (Wildman–Crippen MR) is 81.9 cm³/mol. The number of benzene rings is 2. The van der Waals surface area contributed by atoms with Crippen molar-refractivity contribution in [1.29, 1.82) is 0 Å². The van der Waals surface area contributed by atoms with Crippen molar-refractivity contribution in [1.82, 2.24) is 9.55 Å². The van der Waals surface area contributed by atoms with Crippen molar-refractivity contribution in [2.75, 3.05) is 0 Å². The third kappa shape index (κ3) is 2.05. The lowest BCUT2D eigenvalue weighted by Gasteiger charge is -2.09. The van der Waals surface area contributed by atoms with Crippen molar-refractivity contribution in [3.8, 4) is 17.1 Å². The number of nitrogens with zero attached hydrogens (tertiary/aromatic N) is 2. The summed E-state index contributed by atoms with van der Waals surface area (Å²) >= 11 is 0. The minimum Gasteiger partial charge on any atom is -0.507 e. The molecule has 0 bridgehead atoms. The number of hydrogen-bond donors (Lipinski definition) is 1. The van der Waals surface area contributed by atoms with Crippen LogP contribution in [-0.2, 0) is 6.54 Å². The van der Waals surface area contributed by atoms with Gasteiger partial charge in [0.05, 0.1) is 16.6 Å². The molecule has 1 aromatic heterocycles. The molecule has 3 aromatic rings. The zero-order chi connectivity index (χ0) is 14.1. The van der Waals surface area contributed by atoms with Crippen molar-refractivity contribution in [3.63, 3.8) is 0 Å². The van der Waals surface area contributed by atoms with Crippen LogP contribution >= 0.6 is 0 Å². The zero-order valence-corrected chi connectivity index (χ0v) is 11.8. The number of hydrogen-bond acceptors (Lipinski definition) is 2. The summed E-state index contributed by atoms with van der Waals surface area (Å²) in [5, 5.41) is 10.1. The number of para-hydroxylation sites is 1. The summed E-state index contributed by atoms with van der Waals surface area (Å²) in [7, 11) is 0. The highest BCUT2D eigenvalue weighted by Crippen LogP contribution is 2.31. The van der Waals surface area contributed by atoms with Gasteiger partial charge in [0.1, 0.15) is 11.6 Å². The van der Waals surface area contributed by atoms with E-state index in [2.05, 4.69) is 36.6 Å². The fraction of sp³-hybridized carbons (Fsp3) is 0.235. The monoisotopic (exact) mass is 266 g/mol. The fourth-order valence-electron chi connectivity index (χ4n) is 2.56. The molecule has 0 aliphatic rings. The van der Waals surface area contributed by atoms with E-state index in [9.17, 15) is 5.11 Å². The zero-order valence-electron chi connectivity index (χ0n) is 11.8. The number of fused-ring (bicyclic) bond motifs is 1. The molecule has 0 fully saturated rings. The molecule has 0 unspecified atom stereocenters. The highest BCUT2D eigenvalue weighted by molar-refractivity contribution is 5.82. The molecule has 0 aliphatic carbocycles. The molecule has 3 nitrogen and oxygen atoms in total. The lowest BCUT2D eigenvalue weighted by atomic mass is 10.2. The van der Waals surface area contributed by atoms with Gasteiger partial charge in [-0.3, -0.25) is 0 Å². The number of phenolic OH excluding ortho intramolecular Hbond substituents is 1. The third-order valence-corrected chi connectivity index (χ3v) is 3.50. The van der Waals surface area contributed by atoms with Crippen LogP contribution < -0.4 is 0 Å². The normalized spacial score (nSPS) is 11.1. The van der Waals surface area contributed by atoms with E-state index in [-0.39, 0.29) is 5.75 Å². The number of aryl methyl sites for hydroxylation is 2. The summed E-state index contributed by atoms with van der Waals surface area (Å²) in [6.07, 6.45) is 1.03. The summed E-state index contributed by atoms with van der Waals surface area (Å²) < 4.78 is 2.18. The third-order valence-electron chi connectivity index (χ3n) is 3.50. The van der Waals surface area contributed by atoms with E-state index in [1.165, 1.54) is 5.56 Å². The molecule has 0 radical (unpaired) electrons. The first-order valence-electron chi connectivity index (χ1n) is 6.96. The van der Waals surface area contributed by atoms with Crippen LogP contribution in [0.4, 0.5) is 0 Å². The first-order chi connectivity index (χ1) is 9.70. The molecular weight excluding hydrogens is 248 g/mol. The average Bonchev–Trinajstić information content (AvgIpc) is 2.77. The van der Waals surface area contributed by atoms with Gasteiger partial charge in [-0.2, -0.15) is 0 Å². The molecule has 0 amide bonds. The largest absolute Gasteiger partial charge is 0.507 e. The van der Waals surface area contributed by atoms with Gasteiger partial charge in [-0.25, -0.2) is 4.98 Å². The number of aromatic nitrogens is 2. The Bertz CT molecular complexity index is 759. The molecule has 0 atom stereocenters. The lowest BCUT2D eigenvalue weighted by Crippen LogP contribution is -1.99. The number of aromatic hydroxyl groups is 1. The molecule has 20 heavy (non-hydrogen) atoms. The van der Waals surface area contributed by atoms with Crippen LogP contribution in [0.1, 0.15) is 18.9 Å². The smallest absolute Gasteiger partial charge is 0.144 e. The second-order valence-electron chi connectivity index (χ2n) is 5.10. The fourth-order valence-corrected chi connectivity index (χ4v) is 2.56. The highest BCUT2D eigenvalue weighted by Gasteiger charge is 2.14. The van der Waals surface area contributed by atoms with Gasteiger partial charge in [0.2, 0.25) is 0 Å². The van der Waals surface area contributed by atoms with Gasteiger partial charge in [-0.15, -0.1) is 0 Å². The van der Waals surface area contributed by atoms with Gasteiger partial charge < -0.3 is 9.67 Å². The van der Waals surface area contributed by atoms with Crippen molar-refractivity contribution >= 4 is 11.0 Å². The van der Waals surface area contributed by atoms with Crippen molar-refractivity contribution < 1.29 is 5.11 Å². The Labute approximate surface area is 118 Å². The molecule has 0 spiro atoms. The van der Waals surface area contributed by atoms with E-state index in [1.54, 1.807) is 6.07 Å². The Hall–Kier alpha value is -2.29. The Morgan fingerprint density at radius 3 is 2.70 bits per heavy atom. The number of phenols is 1. The van der Waals surface area contributed by atoms with Gasteiger partial charge in [0.15, 0.2) is 0 Å². The second kappa shape index (κ2) is 5.00. The van der Waals surface area contributed by atoms with Crippen molar-refractivity contribution in [2.24, 2.45) is 0 Å². The van der Waals surface area contributed by atoms with E-state index in [0.717, 1.165) is 35.4 Å². The Morgan fingerprint density at radius 2 is 1.95 bits per heavy atom. The van der Waals surface area contributed by atoms with Crippen LogP contribution in [0.15, 0.2) is 42.5 Å². The average molecular weight is 266 g/mol. The Kier molecular flexibility index (Phi) is 3.18. The predicted octanol–water partition coefficient (Wildman–Crippen LogP) is 4.13. The summed E-state index contributed by atoms with van der Waals surface area (Å²) in [5.74, 6) is 1.11. The Balaban J connectivity index is 2.29. The standard InChI is InChI=1S/C17H18N2O/c1-3-10-19-15-9-8-12(2)11-14(15)18-17(19)13-6-4-5-7-16(13)20/h4-9,11,20H,3,10H2,1-2H3. The molecule has 0 saturated heterocycles. The second-order valence-corrected chi connectivity index (χ2v) is 5.10. The Morgan fingerprint density at radius 1 is 1.15 bits per heavy atom. The van der Waals surface area contributed by atoms with Crippen LogP contribution in [0.3, 0.4) is 0 Å². The van der Waals surface area contributed by atoms with E-state index in [0.29, 0.717) is 0 Å². The topological polar surface area (TPSA) is 38.0 Å². The van der Waals surface area contributed by atoms with Crippen LogP contribution in [0.2, 0.25) is 0 Å². The molecule has 3 heteroatoms.